The third-order valence-electron chi connectivity index (χ3n) is 2.65. The Balaban J connectivity index is 2.95. The highest BCUT2D eigenvalue weighted by atomic mass is 16.1. The van der Waals surface area contributed by atoms with E-state index in [1.54, 1.807) is 0 Å². The van der Waals surface area contributed by atoms with Crippen LogP contribution in [-0.4, -0.2) is 5.78 Å². The van der Waals surface area contributed by atoms with Gasteiger partial charge in [-0.05, 0) is 18.1 Å². The molecule has 0 aliphatic carbocycles. The van der Waals surface area contributed by atoms with Crippen LogP contribution >= 0.6 is 0 Å². The van der Waals surface area contributed by atoms with Crippen LogP contribution in [0.5, 0.6) is 0 Å². The number of hydrogen-bond donors (Lipinski definition) is 0. The lowest BCUT2D eigenvalue weighted by molar-refractivity contribution is -0.123. The lowest BCUT2D eigenvalue weighted by Crippen LogP contribution is -2.16. The fraction of sp³-hybridized carbons (Fsp3) is 0.462. The van der Waals surface area contributed by atoms with E-state index >= 15 is 0 Å². The lowest BCUT2D eigenvalue weighted by atomic mass is 9.88. The van der Waals surface area contributed by atoms with Crippen LogP contribution in [0.4, 0.5) is 0 Å². The van der Waals surface area contributed by atoms with Gasteiger partial charge in [-0.2, -0.15) is 0 Å². The molecule has 1 aromatic carbocycles. The molecule has 0 heterocycles. The number of Topliss-reactive ketones (excluding diaryl/α,β-unsaturated/α-hetero) is 1. The van der Waals surface area contributed by atoms with E-state index in [0.29, 0.717) is 5.78 Å². The van der Waals surface area contributed by atoms with Gasteiger partial charge in [-0.3, -0.25) is 4.79 Å². The minimum absolute atomic E-state index is 0.0243. The highest BCUT2D eigenvalue weighted by molar-refractivity contribution is 5.87. The molecule has 1 atom stereocenters. The second-order valence-corrected chi connectivity index (χ2v) is 4.14. The Morgan fingerprint density at radius 1 is 1.14 bits per heavy atom. The van der Waals surface area contributed by atoms with Crippen molar-refractivity contribution < 1.29 is 4.79 Å². The van der Waals surface area contributed by atoms with Gasteiger partial charge in [-0.1, -0.05) is 45.0 Å². The van der Waals surface area contributed by atoms with Gasteiger partial charge >= 0.3 is 0 Å². The Labute approximate surface area is 86.1 Å². The standard InChI is InChI=1S/C13H18O/c1-9(2)13(14)11(4)12-8-6-5-7-10(12)3/h5-9,11H,1-4H3. The fourth-order valence-corrected chi connectivity index (χ4v) is 1.73. The lowest BCUT2D eigenvalue weighted by Gasteiger charge is -2.15. The predicted molar refractivity (Wildman–Crippen MR) is 59.4 cm³/mol. The van der Waals surface area contributed by atoms with E-state index in [1.165, 1.54) is 5.56 Å². The molecule has 0 N–H and O–H groups in total. The molecule has 0 aromatic heterocycles. The predicted octanol–water partition coefficient (Wildman–Crippen LogP) is 3.32. The fourth-order valence-electron chi connectivity index (χ4n) is 1.73. The first-order valence-electron chi connectivity index (χ1n) is 5.13. The average Bonchev–Trinajstić information content (AvgIpc) is 2.16. The molecule has 14 heavy (non-hydrogen) atoms. The first-order valence-corrected chi connectivity index (χ1v) is 5.13. The molecular formula is C13H18O. The first-order chi connectivity index (χ1) is 6.54. The van der Waals surface area contributed by atoms with Crippen molar-refractivity contribution in [1.29, 1.82) is 0 Å². The SMILES string of the molecule is Cc1ccccc1C(C)C(=O)C(C)C. The van der Waals surface area contributed by atoms with E-state index in [2.05, 4.69) is 13.0 Å². The molecule has 1 rings (SSSR count). The van der Waals surface area contributed by atoms with Gasteiger partial charge in [0.25, 0.3) is 0 Å². The van der Waals surface area contributed by atoms with E-state index in [4.69, 9.17) is 0 Å². The smallest absolute Gasteiger partial charge is 0.142 e. The average molecular weight is 190 g/mol. The first kappa shape index (κ1) is 11.0. The summed E-state index contributed by atoms with van der Waals surface area (Å²) in [6.07, 6.45) is 0. The summed E-state index contributed by atoms with van der Waals surface area (Å²) in [5.74, 6) is 0.458. The number of carbonyl (C=O) groups is 1. The quantitative estimate of drug-likeness (QED) is 0.714. The van der Waals surface area contributed by atoms with Gasteiger partial charge in [-0.25, -0.2) is 0 Å². The second kappa shape index (κ2) is 4.41. The van der Waals surface area contributed by atoms with Crippen LogP contribution in [0.2, 0.25) is 0 Å². The Morgan fingerprint density at radius 3 is 2.21 bits per heavy atom. The van der Waals surface area contributed by atoms with Gasteiger partial charge in [0.2, 0.25) is 0 Å². The van der Waals surface area contributed by atoms with Crippen LogP contribution in [0.25, 0.3) is 0 Å². The summed E-state index contributed by atoms with van der Waals surface area (Å²) in [7, 11) is 0. The van der Waals surface area contributed by atoms with Crippen molar-refractivity contribution in [2.24, 2.45) is 5.92 Å². The summed E-state index contributed by atoms with van der Waals surface area (Å²) in [5, 5.41) is 0. The Hall–Kier alpha value is -1.11. The third kappa shape index (κ3) is 2.22. The van der Waals surface area contributed by atoms with Crippen molar-refractivity contribution in [3.05, 3.63) is 35.4 Å². The molecule has 1 aromatic rings. The second-order valence-electron chi connectivity index (χ2n) is 4.14. The van der Waals surface area contributed by atoms with Gasteiger partial charge in [0.05, 0.1) is 0 Å². The number of benzene rings is 1. The maximum atomic E-state index is 11.8. The molecule has 1 heteroatoms. The van der Waals surface area contributed by atoms with Crippen LogP contribution in [0, 0.1) is 12.8 Å². The molecular weight excluding hydrogens is 172 g/mol. The molecule has 0 aliphatic heterocycles. The molecule has 0 spiro atoms. The van der Waals surface area contributed by atoms with E-state index in [9.17, 15) is 4.79 Å². The largest absolute Gasteiger partial charge is 0.299 e. The number of carbonyl (C=O) groups excluding carboxylic acids is 1. The van der Waals surface area contributed by atoms with Crippen molar-refractivity contribution >= 4 is 5.78 Å². The normalized spacial score (nSPS) is 12.9. The summed E-state index contributed by atoms with van der Waals surface area (Å²) in [6.45, 7) is 7.96. The Kier molecular flexibility index (Phi) is 3.45. The molecule has 1 unspecified atom stereocenters. The van der Waals surface area contributed by atoms with Gasteiger partial charge in [0.1, 0.15) is 5.78 Å². The molecule has 0 saturated carbocycles. The Bertz CT molecular complexity index is 326. The van der Waals surface area contributed by atoms with E-state index < -0.39 is 0 Å². The molecule has 0 saturated heterocycles. The van der Waals surface area contributed by atoms with Crippen molar-refractivity contribution in [2.45, 2.75) is 33.6 Å². The van der Waals surface area contributed by atoms with E-state index in [0.717, 1.165) is 5.56 Å². The summed E-state index contributed by atoms with van der Waals surface area (Å²) >= 11 is 0. The van der Waals surface area contributed by atoms with Crippen LogP contribution < -0.4 is 0 Å². The summed E-state index contributed by atoms with van der Waals surface area (Å²) in [5.41, 5.74) is 2.36. The maximum Gasteiger partial charge on any atom is 0.142 e. The molecule has 1 nitrogen and oxygen atoms in total. The summed E-state index contributed by atoms with van der Waals surface area (Å²) < 4.78 is 0. The Morgan fingerprint density at radius 2 is 1.71 bits per heavy atom. The summed E-state index contributed by atoms with van der Waals surface area (Å²) in [4.78, 5) is 11.8. The maximum absolute atomic E-state index is 11.8. The number of aryl methyl sites for hydroxylation is 1. The zero-order chi connectivity index (χ0) is 10.7. The van der Waals surface area contributed by atoms with Crippen LogP contribution in [-0.2, 0) is 4.79 Å². The zero-order valence-corrected chi connectivity index (χ0v) is 9.37. The number of rotatable bonds is 3. The molecule has 0 aliphatic rings. The van der Waals surface area contributed by atoms with Crippen molar-refractivity contribution in [1.82, 2.24) is 0 Å². The van der Waals surface area contributed by atoms with Crippen molar-refractivity contribution in [2.75, 3.05) is 0 Å². The third-order valence-corrected chi connectivity index (χ3v) is 2.65. The van der Waals surface area contributed by atoms with E-state index in [-0.39, 0.29) is 11.8 Å². The van der Waals surface area contributed by atoms with Crippen molar-refractivity contribution in [3.8, 4) is 0 Å². The molecule has 76 valence electrons. The molecule has 0 amide bonds. The summed E-state index contributed by atoms with van der Waals surface area (Å²) in [6, 6.07) is 8.09. The molecule has 0 radical (unpaired) electrons. The zero-order valence-electron chi connectivity index (χ0n) is 9.37. The molecule has 0 fully saturated rings. The highest BCUT2D eigenvalue weighted by Gasteiger charge is 2.18. The van der Waals surface area contributed by atoms with Crippen LogP contribution in [0.1, 0.15) is 37.8 Å². The van der Waals surface area contributed by atoms with E-state index in [1.807, 2.05) is 39.0 Å². The van der Waals surface area contributed by atoms with Crippen LogP contribution in [0.15, 0.2) is 24.3 Å². The van der Waals surface area contributed by atoms with Crippen molar-refractivity contribution in [3.63, 3.8) is 0 Å². The van der Waals surface area contributed by atoms with Gasteiger partial charge < -0.3 is 0 Å². The van der Waals surface area contributed by atoms with Gasteiger partial charge in [0.15, 0.2) is 0 Å². The number of hydrogen-bond acceptors (Lipinski definition) is 1. The monoisotopic (exact) mass is 190 g/mol. The number of ketones is 1. The van der Waals surface area contributed by atoms with Gasteiger partial charge in [-0.15, -0.1) is 0 Å². The topological polar surface area (TPSA) is 17.1 Å². The van der Waals surface area contributed by atoms with Gasteiger partial charge in [0, 0.05) is 11.8 Å². The minimum atomic E-state index is 0.0243. The van der Waals surface area contributed by atoms with Crippen LogP contribution in [0.3, 0.4) is 0 Å². The highest BCUT2D eigenvalue weighted by Crippen LogP contribution is 2.22. The molecule has 0 bridgehead atoms. The minimum Gasteiger partial charge on any atom is -0.299 e.